The fourth-order valence-electron chi connectivity index (χ4n) is 3.29. The highest BCUT2D eigenvalue weighted by atomic mass is 35.5. The fourth-order valence-corrected chi connectivity index (χ4v) is 3.34. The van der Waals surface area contributed by atoms with E-state index < -0.39 is 10.8 Å². The highest BCUT2D eigenvalue weighted by molar-refractivity contribution is 6.61. The van der Waals surface area contributed by atoms with E-state index in [1.54, 1.807) is 0 Å². The van der Waals surface area contributed by atoms with E-state index >= 15 is 0 Å². The number of halogens is 1. The van der Waals surface area contributed by atoms with E-state index in [0.29, 0.717) is 12.3 Å². The van der Waals surface area contributed by atoms with Gasteiger partial charge < -0.3 is 4.74 Å². The van der Waals surface area contributed by atoms with Gasteiger partial charge in [0.1, 0.15) is 12.4 Å². The van der Waals surface area contributed by atoms with Gasteiger partial charge >= 0.3 is 5.43 Å². The van der Waals surface area contributed by atoms with Gasteiger partial charge in [-0.15, -0.1) is 0 Å². The Balaban J connectivity index is 2.24. The second-order valence-electron chi connectivity index (χ2n) is 5.19. The number of carbonyl (C=O) groups is 2. The number of hydrogen-bond acceptors (Lipinski definition) is 3. The summed E-state index contributed by atoms with van der Waals surface area (Å²) in [7, 11) is 0. The lowest BCUT2D eigenvalue weighted by atomic mass is 9.69. The molecule has 2 rings (SSSR count). The predicted octanol–water partition coefficient (Wildman–Crippen LogP) is 2.76. The summed E-state index contributed by atoms with van der Waals surface area (Å²) in [5.74, 6) is 0.681. The van der Waals surface area contributed by atoms with Crippen LogP contribution in [0.4, 0.5) is 4.79 Å². The summed E-state index contributed by atoms with van der Waals surface area (Å²) < 4.78 is 4.86. The van der Waals surface area contributed by atoms with Crippen molar-refractivity contribution in [2.45, 2.75) is 33.1 Å². The number of ether oxygens (including phenoxy) is 1. The molecule has 84 valence electrons. The number of Topliss-reactive ketones (excluding diaryl/α,β-unsaturated/α-hetero) is 1. The molecule has 2 saturated carbocycles. The molecule has 0 radical (unpaired) electrons. The van der Waals surface area contributed by atoms with Gasteiger partial charge in [-0.3, -0.25) is 4.79 Å². The van der Waals surface area contributed by atoms with E-state index in [1.807, 2.05) is 0 Å². The van der Waals surface area contributed by atoms with Gasteiger partial charge in [0, 0.05) is 18.0 Å². The average Bonchev–Trinajstić information content (AvgIpc) is 2.47. The van der Waals surface area contributed by atoms with E-state index in [0.717, 1.165) is 12.8 Å². The van der Waals surface area contributed by atoms with Crippen molar-refractivity contribution >= 4 is 22.8 Å². The number of fused-ring (bicyclic) bond motifs is 2. The Morgan fingerprint density at radius 3 is 2.67 bits per heavy atom. The Labute approximate surface area is 94.1 Å². The second-order valence-corrected chi connectivity index (χ2v) is 5.50. The topological polar surface area (TPSA) is 43.4 Å². The Hall–Kier alpha value is -0.570. The molecule has 0 aromatic carbocycles. The highest BCUT2D eigenvalue weighted by Crippen LogP contribution is 2.63. The van der Waals surface area contributed by atoms with Crippen LogP contribution in [0.15, 0.2) is 0 Å². The van der Waals surface area contributed by atoms with Gasteiger partial charge in [0.05, 0.1) is 5.41 Å². The zero-order valence-corrected chi connectivity index (χ0v) is 9.76. The molecule has 2 bridgehead atoms. The van der Waals surface area contributed by atoms with Gasteiger partial charge in [0.25, 0.3) is 0 Å². The maximum Gasteiger partial charge on any atom is 0.403 e. The largest absolute Gasteiger partial charge is 0.453 e. The summed E-state index contributed by atoms with van der Waals surface area (Å²) in [6, 6.07) is 0. The molecule has 2 fully saturated rings. The number of ketones is 1. The lowest BCUT2D eigenvalue weighted by molar-refractivity contribution is -0.132. The molecule has 0 amide bonds. The highest BCUT2D eigenvalue weighted by Gasteiger charge is 2.64. The van der Waals surface area contributed by atoms with Crippen molar-refractivity contribution in [2.24, 2.45) is 16.7 Å². The van der Waals surface area contributed by atoms with Crippen LogP contribution < -0.4 is 0 Å². The Morgan fingerprint density at radius 1 is 1.60 bits per heavy atom. The molecule has 4 heteroatoms. The summed E-state index contributed by atoms with van der Waals surface area (Å²) in [6.45, 7) is 4.34. The van der Waals surface area contributed by atoms with Crippen molar-refractivity contribution in [2.75, 3.05) is 6.61 Å². The standard InChI is InChI=1S/C11H15ClO3/c1-10(2)7-3-4-11(10,8(13)5-7)6-15-9(12)14/h7H,3-6H2,1-2H3. The minimum absolute atomic E-state index is 0.0591. The zero-order valence-electron chi connectivity index (χ0n) is 9.01. The second kappa shape index (κ2) is 3.21. The monoisotopic (exact) mass is 230 g/mol. The molecule has 15 heavy (non-hydrogen) atoms. The summed E-state index contributed by atoms with van der Waals surface area (Å²) in [6.07, 6.45) is 2.51. The molecule has 0 heterocycles. The first kappa shape index (κ1) is 10.9. The molecule has 0 aliphatic heterocycles. The van der Waals surface area contributed by atoms with Crippen LogP contribution in [0.2, 0.25) is 0 Å². The molecule has 2 unspecified atom stereocenters. The van der Waals surface area contributed by atoms with Crippen LogP contribution in [-0.2, 0) is 9.53 Å². The van der Waals surface area contributed by atoms with Gasteiger partial charge in [-0.1, -0.05) is 13.8 Å². The summed E-state index contributed by atoms with van der Waals surface area (Å²) in [5.41, 5.74) is -1.35. The molecule has 0 aromatic heterocycles. The molecule has 2 aliphatic carbocycles. The van der Waals surface area contributed by atoms with Crippen molar-refractivity contribution in [1.82, 2.24) is 0 Å². The molecule has 0 N–H and O–H groups in total. The molecule has 3 nitrogen and oxygen atoms in total. The molecule has 0 spiro atoms. The van der Waals surface area contributed by atoms with Gasteiger partial charge in [0.15, 0.2) is 0 Å². The Morgan fingerprint density at radius 2 is 2.27 bits per heavy atom. The molecule has 0 aromatic rings. The normalized spacial score (nSPS) is 37.0. The third-order valence-corrected chi connectivity index (χ3v) is 4.68. The molecule has 2 aliphatic rings. The summed E-state index contributed by atoms with van der Waals surface area (Å²) >= 11 is 5.16. The van der Waals surface area contributed by atoms with E-state index in [1.165, 1.54) is 0 Å². The predicted molar refractivity (Wildman–Crippen MR) is 55.8 cm³/mol. The summed E-state index contributed by atoms with van der Waals surface area (Å²) in [4.78, 5) is 22.6. The molecule has 2 atom stereocenters. The number of hydrogen-bond donors (Lipinski definition) is 0. The minimum atomic E-state index is -0.816. The van der Waals surface area contributed by atoms with Gasteiger partial charge in [-0.05, 0) is 24.2 Å². The van der Waals surface area contributed by atoms with Crippen LogP contribution in [0.3, 0.4) is 0 Å². The van der Waals surface area contributed by atoms with Crippen molar-refractivity contribution < 1.29 is 14.3 Å². The van der Waals surface area contributed by atoms with Crippen LogP contribution in [-0.4, -0.2) is 17.8 Å². The van der Waals surface area contributed by atoms with Crippen molar-refractivity contribution in [3.05, 3.63) is 0 Å². The van der Waals surface area contributed by atoms with Gasteiger partial charge in [-0.25, -0.2) is 4.79 Å². The first-order valence-corrected chi connectivity index (χ1v) is 5.63. The molecular weight excluding hydrogens is 216 g/mol. The smallest absolute Gasteiger partial charge is 0.403 e. The van der Waals surface area contributed by atoms with Gasteiger partial charge in [0.2, 0.25) is 0 Å². The lowest BCUT2D eigenvalue weighted by Gasteiger charge is -2.35. The van der Waals surface area contributed by atoms with Crippen LogP contribution >= 0.6 is 11.6 Å². The van der Waals surface area contributed by atoms with Crippen LogP contribution in [0.1, 0.15) is 33.1 Å². The van der Waals surface area contributed by atoms with E-state index in [-0.39, 0.29) is 17.8 Å². The minimum Gasteiger partial charge on any atom is -0.453 e. The third-order valence-electron chi connectivity index (χ3n) is 4.57. The molecule has 0 saturated heterocycles. The first-order valence-electron chi connectivity index (χ1n) is 5.26. The first-order chi connectivity index (χ1) is 6.90. The lowest BCUT2D eigenvalue weighted by Crippen LogP contribution is -2.40. The average molecular weight is 231 g/mol. The summed E-state index contributed by atoms with van der Waals surface area (Å²) in [5, 5.41) is 0. The Kier molecular flexibility index (Phi) is 2.34. The number of carbonyl (C=O) groups excluding carboxylic acids is 2. The van der Waals surface area contributed by atoms with Crippen molar-refractivity contribution in [1.29, 1.82) is 0 Å². The maximum atomic E-state index is 12.0. The number of rotatable bonds is 2. The third kappa shape index (κ3) is 1.32. The van der Waals surface area contributed by atoms with E-state index in [2.05, 4.69) is 13.8 Å². The van der Waals surface area contributed by atoms with E-state index in [9.17, 15) is 9.59 Å². The van der Waals surface area contributed by atoms with E-state index in [4.69, 9.17) is 16.3 Å². The van der Waals surface area contributed by atoms with Crippen LogP contribution in [0, 0.1) is 16.7 Å². The Bertz CT molecular complexity index is 324. The SMILES string of the molecule is CC1(C)C2CCC1(COC(=O)Cl)C(=O)C2. The fraction of sp³-hybridized carbons (Fsp3) is 0.818. The van der Waals surface area contributed by atoms with Gasteiger partial charge in [-0.2, -0.15) is 0 Å². The van der Waals surface area contributed by atoms with Crippen molar-refractivity contribution in [3.8, 4) is 0 Å². The van der Waals surface area contributed by atoms with Crippen LogP contribution in [0.5, 0.6) is 0 Å². The molecular formula is C11H15ClO3. The quantitative estimate of drug-likeness (QED) is 0.685. The van der Waals surface area contributed by atoms with Crippen LogP contribution in [0.25, 0.3) is 0 Å². The maximum absolute atomic E-state index is 12.0. The zero-order chi connectivity index (χ0) is 11.3. The van der Waals surface area contributed by atoms with Crippen molar-refractivity contribution in [3.63, 3.8) is 0 Å².